The second kappa shape index (κ2) is 5.03. The summed E-state index contributed by atoms with van der Waals surface area (Å²) >= 11 is 0. The molecule has 1 aromatic carbocycles. The van der Waals surface area contributed by atoms with Gasteiger partial charge in [0.15, 0.2) is 0 Å². The molecule has 19 heavy (non-hydrogen) atoms. The summed E-state index contributed by atoms with van der Waals surface area (Å²) in [6.45, 7) is 4.02. The summed E-state index contributed by atoms with van der Waals surface area (Å²) in [5.41, 5.74) is 6.72. The lowest BCUT2D eigenvalue weighted by Gasteiger charge is -2.41. The van der Waals surface area contributed by atoms with Gasteiger partial charge in [-0.1, -0.05) is 32.4 Å². The van der Waals surface area contributed by atoms with Crippen molar-refractivity contribution in [3.05, 3.63) is 29.8 Å². The van der Waals surface area contributed by atoms with Crippen molar-refractivity contribution < 1.29 is 9.59 Å². The predicted octanol–water partition coefficient (Wildman–Crippen LogP) is 1.99. The third-order valence-electron chi connectivity index (χ3n) is 4.26. The van der Waals surface area contributed by atoms with E-state index in [0.29, 0.717) is 18.5 Å². The van der Waals surface area contributed by atoms with Crippen LogP contribution in [-0.4, -0.2) is 11.8 Å². The van der Waals surface area contributed by atoms with Crippen LogP contribution >= 0.6 is 0 Å². The van der Waals surface area contributed by atoms with Crippen LogP contribution in [0.3, 0.4) is 0 Å². The third-order valence-corrected chi connectivity index (χ3v) is 4.26. The molecule has 0 spiro atoms. The highest BCUT2D eigenvalue weighted by molar-refractivity contribution is 6.04. The lowest BCUT2D eigenvalue weighted by molar-refractivity contribution is -0.141. The number of imide groups is 1. The molecule has 1 heterocycles. The van der Waals surface area contributed by atoms with E-state index in [0.717, 1.165) is 12.0 Å². The molecule has 4 heteroatoms. The molecule has 1 aliphatic rings. The van der Waals surface area contributed by atoms with Crippen molar-refractivity contribution in [3.8, 4) is 0 Å². The highest BCUT2D eigenvalue weighted by Gasteiger charge is 2.49. The van der Waals surface area contributed by atoms with E-state index in [-0.39, 0.29) is 17.7 Å². The SMILES string of the molecule is CC[C@@H]1CC(=O)NC(=O)[C@@]1(CC)c1ccc(N)cc1. The number of anilines is 1. The summed E-state index contributed by atoms with van der Waals surface area (Å²) in [6.07, 6.45) is 1.88. The van der Waals surface area contributed by atoms with Gasteiger partial charge in [-0.05, 0) is 30.0 Å². The zero-order chi connectivity index (χ0) is 14.0. The van der Waals surface area contributed by atoms with Crippen LogP contribution in [0.5, 0.6) is 0 Å². The average Bonchev–Trinajstić information content (AvgIpc) is 2.40. The number of hydrogen-bond acceptors (Lipinski definition) is 3. The van der Waals surface area contributed by atoms with Gasteiger partial charge in [0.2, 0.25) is 11.8 Å². The van der Waals surface area contributed by atoms with Crippen molar-refractivity contribution in [2.45, 2.75) is 38.5 Å². The van der Waals surface area contributed by atoms with Gasteiger partial charge in [0.05, 0.1) is 5.41 Å². The quantitative estimate of drug-likeness (QED) is 0.645. The van der Waals surface area contributed by atoms with Crippen LogP contribution in [0.4, 0.5) is 5.69 Å². The summed E-state index contributed by atoms with van der Waals surface area (Å²) in [4.78, 5) is 24.0. The van der Waals surface area contributed by atoms with Crippen molar-refractivity contribution in [1.82, 2.24) is 5.32 Å². The van der Waals surface area contributed by atoms with Gasteiger partial charge in [0, 0.05) is 12.1 Å². The largest absolute Gasteiger partial charge is 0.399 e. The molecule has 3 N–H and O–H groups in total. The van der Waals surface area contributed by atoms with E-state index < -0.39 is 5.41 Å². The Balaban J connectivity index is 2.52. The maximum atomic E-state index is 12.4. The van der Waals surface area contributed by atoms with Gasteiger partial charge in [0.1, 0.15) is 0 Å². The van der Waals surface area contributed by atoms with E-state index in [1.54, 1.807) is 0 Å². The van der Waals surface area contributed by atoms with Crippen molar-refractivity contribution in [1.29, 1.82) is 0 Å². The molecule has 0 bridgehead atoms. The zero-order valence-corrected chi connectivity index (χ0v) is 11.4. The van der Waals surface area contributed by atoms with Gasteiger partial charge in [0.25, 0.3) is 0 Å². The molecule has 2 atom stereocenters. The van der Waals surface area contributed by atoms with Gasteiger partial charge in [-0.25, -0.2) is 0 Å². The van der Waals surface area contributed by atoms with Gasteiger partial charge >= 0.3 is 0 Å². The van der Waals surface area contributed by atoms with Crippen LogP contribution in [0.2, 0.25) is 0 Å². The first-order valence-electron chi connectivity index (χ1n) is 6.74. The first-order chi connectivity index (χ1) is 9.04. The van der Waals surface area contributed by atoms with Gasteiger partial charge in [-0.15, -0.1) is 0 Å². The Bertz CT molecular complexity index is 495. The Morgan fingerprint density at radius 3 is 2.42 bits per heavy atom. The molecule has 0 unspecified atom stereocenters. The van der Waals surface area contributed by atoms with Crippen molar-refractivity contribution in [2.75, 3.05) is 5.73 Å². The lowest BCUT2D eigenvalue weighted by Crippen LogP contribution is -2.56. The van der Waals surface area contributed by atoms with E-state index in [1.165, 1.54) is 0 Å². The minimum Gasteiger partial charge on any atom is -0.399 e. The molecule has 2 rings (SSSR count). The zero-order valence-electron chi connectivity index (χ0n) is 11.4. The molecule has 1 saturated heterocycles. The number of nitrogen functional groups attached to an aromatic ring is 1. The number of nitrogens with one attached hydrogen (secondary N) is 1. The monoisotopic (exact) mass is 260 g/mol. The summed E-state index contributed by atoms with van der Waals surface area (Å²) in [5, 5.41) is 2.49. The molecule has 1 aliphatic heterocycles. The predicted molar refractivity (Wildman–Crippen MR) is 74.4 cm³/mol. The van der Waals surface area contributed by atoms with Crippen LogP contribution in [0.15, 0.2) is 24.3 Å². The Morgan fingerprint density at radius 1 is 1.26 bits per heavy atom. The van der Waals surface area contributed by atoms with Crippen molar-refractivity contribution in [2.24, 2.45) is 5.92 Å². The minimum absolute atomic E-state index is 0.0439. The number of amides is 2. The lowest BCUT2D eigenvalue weighted by atomic mass is 9.63. The van der Waals surface area contributed by atoms with E-state index in [1.807, 2.05) is 38.1 Å². The standard InChI is InChI=1S/C15H20N2O2/c1-3-10-9-13(18)17-14(19)15(10,4-2)11-5-7-12(16)8-6-11/h5-8,10H,3-4,9,16H2,1-2H3,(H,17,18,19)/t10-,15-/m1/s1. The number of hydrogen-bond donors (Lipinski definition) is 2. The Kier molecular flexibility index (Phi) is 3.60. The normalized spacial score (nSPS) is 27.2. The van der Waals surface area contributed by atoms with E-state index in [4.69, 9.17) is 5.73 Å². The molecule has 0 saturated carbocycles. The summed E-state index contributed by atoms with van der Waals surface area (Å²) in [6, 6.07) is 7.42. The molecule has 1 fully saturated rings. The maximum Gasteiger partial charge on any atom is 0.237 e. The third kappa shape index (κ3) is 2.11. The molecular formula is C15H20N2O2. The fourth-order valence-corrected chi connectivity index (χ4v) is 3.17. The Morgan fingerprint density at radius 2 is 1.89 bits per heavy atom. The van der Waals surface area contributed by atoms with Crippen LogP contribution in [-0.2, 0) is 15.0 Å². The van der Waals surface area contributed by atoms with Gasteiger partial charge < -0.3 is 5.73 Å². The smallest absolute Gasteiger partial charge is 0.237 e. The molecule has 2 amide bonds. The fraction of sp³-hybridized carbons (Fsp3) is 0.467. The summed E-state index contributed by atoms with van der Waals surface area (Å²) < 4.78 is 0. The van der Waals surface area contributed by atoms with E-state index >= 15 is 0 Å². The topological polar surface area (TPSA) is 72.2 Å². The molecule has 0 radical (unpaired) electrons. The fourth-order valence-electron chi connectivity index (χ4n) is 3.17. The summed E-state index contributed by atoms with van der Waals surface area (Å²) in [7, 11) is 0. The van der Waals surface area contributed by atoms with Gasteiger partial charge in [-0.3, -0.25) is 14.9 Å². The molecular weight excluding hydrogens is 240 g/mol. The van der Waals surface area contributed by atoms with Crippen LogP contribution in [0, 0.1) is 5.92 Å². The number of carbonyl (C=O) groups is 2. The van der Waals surface area contributed by atoms with Crippen LogP contribution < -0.4 is 11.1 Å². The number of benzene rings is 1. The van der Waals surface area contributed by atoms with Crippen molar-refractivity contribution in [3.63, 3.8) is 0 Å². The molecule has 102 valence electrons. The molecule has 0 aromatic heterocycles. The molecule has 1 aromatic rings. The highest BCUT2D eigenvalue weighted by atomic mass is 16.2. The first kappa shape index (κ1) is 13.6. The Hall–Kier alpha value is -1.84. The highest BCUT2D eigenvalue weighted by Crippen LogP contribution is 2.42. The van der Waals surface area contributed by atoms with E-state index in [9.17, 15) is 9.59 Å². The number of nitrogens with two attached hydrogens (primary N) is 1. The minimum atomic E-state index is -0.615. The second-order valence-corrected chi connectivity index (χ2v) is 5.13. The second-order valence-electron chi connectivity index (χ2n) is 5.13. The Labute approximate surface area is 113 Å². The number of carbonyl (C=O) groups excluding carboxylic acids is 2. The van der Waals surface area contributed by atoms with E-state index in [2.05, 4.69) is 5.32 Å². The molecule has 0 aliphatic carbocycles. The first-order valence-corrected chi connectivity index (χ1v) is 6.74. The van der Waals surface area contributed by atoms with Crippen LogP contribution in [0.25, 0.3) is 0 Å². The summed E-state index contributed by atoms with van der Waals surface area (Å²) in [5.74, 6) is -0.304. The number of rotatable bonds is 3. The number of piperidine rings is 1. The molecule has 4 nitrogen and oxygen atoms in total. The van der Waals surface area contributed by atoms with Crippen LogP contribution in [0.1, 0.15) is 38.7 Å². The maximum absolute atomic E-state index is 12.4. The average molecular weight is 260 g/mol. The van der Waals surface area contributed by atoms with Gasteiger partial charge in [-0.2, -0.15) is 0 Å². The van der Waals surface area contributed by atoms with Crippen molar-refractivity contribution >= 4 is 17.5 Å².